The quantitative estimate of drug-likeness (QED) is 0.519. The van der Waals surface area contributed by atoms with Crippen LogP contribution in [-0.2, 0) is 0 Å². The molecule has 0 saturated carbocycles. The third kappa shape index (κ3) is 2.89. The zero-order valence-corrected chi connectivity index (χ0v) is 13.9. The summed E-state index contributed by atoms with van der Waals surface area (Å²) in [7, 11) is 0. The second kappa shape index (κ2) is 5.92. The van der Waals surface area contributed by atoms with Gasteiger partial charge in [0.1, 0.15) is 5.58 Å². The summed E-state index contributed by atoms with van der Waals surface area (Å²) in [6, 6.07) is 13.8. The van der Waals surface area contributed by atoms with Crippen LogP contribution >= 0.6 is 22.6 Å². The van der Waals surface area contributed by atoms with Gasteiger partial charge in [-0.25, -0.2) is 4.79 Å². The standard InChI is InChI=1S/C17H12INO3/c1-10-3-2-4-13(16(10)18)17(21)19-12-6-7-14-11(9-12)5-8-15(20)22-14/h2-9H,1H3,(H,19,21). The van der Waals surface area contributed by atoms with Gasteiger partial charge in [-0.2, -0.15) is 0 Å². The molecule has 1 amide bonds. The highest BCUT2D eigenvalue weighted by Crippen LogP contribution is 2.21. The molecular weight excluding hydrogens is 393 g/mol. The Balaban J connectivity index is 1.92. The summed E-state index contributed by atoms with van der Waals surface area (Å²) in [5, 5.41) is 3.63. The number of carbonyl (C=O) groups is 1. The van der Waals surface area contributed by atoms with Crippen molar-refractivity contribution < 1.29 is 9.21 Å². The highest BCUT2D eigenvalue weighted by atomic mass is 127. The van der Waals surface area contributed by atoms with E-state index in [2.05, 4.69) is 27.9 Å². The first-order valence-corrected chi connectivity index (χ1v) is 7.73. The summed E-state index contributed by atoms with van der Waals surface area (Å²) in [6.45, 7) is 1.97. The first-order chi connectivity index (χ1) is 10.5. The molecule has 0 spiro atoms. The van der Waals surface area contributed by atoms with Crippen LogP contribution in [0.25, 0.3) is 11.0 Å². The molecule has 110 valence electrons. The maximum Gasteiger partial charge on any atom is 0.336 e. The molecule has 4 nitrogen and oxygen atoms in total. The number of carbonyl (C=O) groups excluding carboxylic acids is 1. The number of fused-ring (bicyclic) bond motifs is 1. The summed E-state index contributed by atoms with van der Waals surface area (Å²) in [6.07, 6.45) is 0. The number of anilines is 1. The fraction of sp³-hybridized carbons (Fsp3) is 0.0588. The number of rotatable bonds is 2. The lowest BCUT2D eigenvalue weighted by atomic mass is 10.1. The number of amides is 1. The molecule has 0 aliphatic heterocycles. The molecular formula is C17H12INO3. The van der Waals surface area contributed by atoms with Crippen LogP contribution in [0.1, 0.15) is 15.9 Å². The Morgan fingerprint density at radius 3 is 2.77 bits per heavy atom. The van der Waals surface area contributed by atoms with Gasteiger partial charge in [0.15, 0.2) is 0 Å². The van der Waals surface area contributed by atoms with E-state index in [0.717, 1.165) is 14.5 Å². The summed E-state index contributed by atoms with van der Waals surface area (Å²) in [4.78, 5) is 23.6. The van der Waals surface area contributed by atoms with E-state index >= 15 is 0 Å². The average Bonchev–Trinajstić information content (AvgIpc) is 2.50. The highest BCUT2D eigenvalue weighted by molar-refractivity contribution is 14.1. The Morgan fingerprint density at radius 2 is 1.95 bits per heavy atom. The van der Waals surface area contributed by atoms with Gasteiger partial charge in [0, 0.05) is 20.7 Å². The minimum Gasteiger partial charge on any atom is -0.423 e. The van der Waals surface area contributed by atoms with E-state index in [1.165, 1.54) is 6.07 Å². The number of aryl methyl sites for hydroxylation is 1. The molecule has 3 rings (SSSR count). The molecule has 0 bridgehead atoms. The first kappa shape index (κ1) is 14.8. The number of benzene rings is 2. The number of hydrogen-bond acceptors (Lipinski definition) is 3. The van der Waals surface area contributed by atoms with Crippen molar-refractivity contribution in [2.24, 2.45) is 0 Å². The third-order valence-electron chi connectivity index (χ3n) is 3.31. The smallest absolute Gasteiger partial charge is 0.336 e. The summed E-state index contributed by atoms with van der Waals surface area (Å²) >= 11 is 2.17. The van der Waals surface area contributed by atoms with Crippen LogP contribution in [-0.4, -0.2) is 5.91 Å². The Kier molecular flexibility index (Phi) is 3.98. The van der Waals surface area contributed by atoms with Crippen molar-refractivity contribution in [3.05, 3.63) is 73.6 Å². The lowest BCUT2D eigenvalue weighted by molar-refractivity contribution is 0.102. The zero-order valence-electron chi connectivity index (χ0n) is 11.7. The maximum absolute atomic E-state index is 12.4. The first-order valence-electron chi connectivity index (χ1n) is 6.65. The predicted molar refractivity (Wildman–Crippen MR) is 94.3 cm³/mol. The molecule has 1 heterocycles. The summed E-state index contributed by atoms with van der Waals surface area (Å²) in [5.74, 6) is -0.162. The van der Waals surface area contributed by atoms with Gasteiger partial charge in [-0.15, -0.1) is 0 Å². The lowest BCUT2D eigenvalue weighted by Crippen LogP contribution is -2.13. The van der Waals surface area contributed by atoms with Crippen molar-refractivity contribution in [3.63, 3.8) is 0 Å². The van der Waals surface area contributed by atoms with Crippen molar-refractivity contribution in [3.8, 4) is 0 Å². The molecule has 0 aliphatic carbocycles. The van der Waals surface area contributed by atoms with E-state index in [4.69, 9.17) is 4.42 Å². The van der Waals surface area contributed by atoms with Crippen LogP contribution in [0, 0.1) is 10.5 Å². The predicted octanol–water partition coefficient (Wildman–Crippen LogP) is 3.96. The van der Waals surface area contributed by atoms with Crippen LogP contribution in [0.4, 0.5) is 5.69 Å². The zero-order chi connectivity index (χ0) is 15.7. The van der Waals surface area contributed by atoms with Crippen molar-refractivity contribution in [1.82, 2.24) is 0 Å². The van der Waals surface area contributed by atoms with Gasteiger partial charge in [0.05, 0.1) is 5.56 Å². The number of hydrogen-bond donors (Lipinski definition) is 1. The van der Waals surface area contributed by atoms with Crippen LogP contribution in [0.2, 0.25) is 0 Å². The molecule has 3 aromatic rings. The lowest BCUT2D eigenvalue weighted by Gasteiger charge is -2.09. The van der Waals surface area contributed by atoms with Gasteiger partial charge in [0.2, 0.25) is 0 Å². The highest BCUT2D eigenvalue weighted by Gasteiger charge is 2.11. The molecule has 0 saturated heterocycles. The second-order valence-corrected chi connectivity index (χ2v) is 5.98. The van der Waals surface area contributed by atoms with Crippen LogP contribution < -0.4 is 10.9 Å². The molecule has 0 fully saturated rings. The minimum absolute atomic E-state index is 0.162. The molecule has 0 atom stereocenters. The minimum atomic E-state index is -0.390. The molecule has 0 unspecified atom stereocenters. The van der Waals surface area contributed by atoms with Crippen LogP contribution in [0.3, 0.4) is 0 Å². The monoisotopic (exact) mass is 405 g/mol. The van der Waals surface area contributed by atoms with E-state index < -0.39 is 5.63 Å². The molecule has 1 N–H and O–H groups in total. The molecule has 0 aliphatic rings. The normalized spacial score (nSPS) is 10.6. The SMILES string of the molecule is Cc1cccc(C(=O)Nc2ccc3oc(=O)ccc3c2)c1I. The van der Waals surface area contributed by atoms with E-state index in [9.17, 15) is 9.59 Å². The van der Waals surface area contributed by atoms with Gasteiger partial charge in [0.25, 0.3) is 5.91 Å². The third-order valence-corrected chi connectivity index (χ3v) is 4.75. The molecule has 1 aromatic heterocycles. The Hall–Kier alpha value is -2.15. The molecule has 22 heavy (non-hydrogen) atoms. The Bertz CT molecular complexity index is 931. The number of nitrogens with one attached hydrogen (secondary N) is 1. The van der Waals surface area contributed by atoms with Crippen molar-refractivity contribution >= 4 is 45.2 Å². The second-order valence-electron chi connectivity index (χ2n) is 4.90. The van der Waals surface area contributed by atoms with Gasteiger partial charge in [-0.05, 0) is 65.4 Å². The van der Waals surface area contributed by atoms with Crippen molar-refractivity contribution in [1.29, 1.82) is 0 Å². The number of halogens is 1. The van der Waals surface area contributed by atoms with Gasteiger partial charge in [-0.1, -0.05) is 12.1 Å². The van der Waals surface area contributed by atoms with Crippen molar-refractivity contribution in [2.45, 2.75) is 6.92 Å². The maximum atomic E-state index is 12.4. The van der Waals surface area contributed by atoms with Gasteiger partial charge < -0.3 is 9.73 Å². The van der Waals surface area contributed by atoms with Crippen LogP contribution in [0.5, 0.6) is 0 Å². The van der Waals surface area contributed by atoms with Crippen molar-refractivity contribution in [2.75, 3.05) is 5.32 Å². The van der Waals surface area contributed by atoms with Gasteiger partial charge in [-0.3, -0.25) is 4.79 Å². The largest absolute Gasteiger partial charge is 0.423 e. The van der Waals surface area contributed by atoms with E-state index in [1.807, 2.05) is 19.1 Å². The molecule has 5 heteroatoms. The summed E-state index contributed by atoms with van der Waals surface area (Å²) in [5.41, 5.74) is 2.46. The molecule has 2 aromatic carbocycles. The topological polar surface area (TPSA) is 59.3 Å². The molecule has 0 radical (unpaired) electrons. The van der Waals surface area contributed by atoms with E-state index in [0.29, 0.717) is 16.8 Å². The Labute approximate surface area is 140 Å². The fourth-order valence-corrected chi connectivity index (χ4v) is 2.78. The Morgan fingerprint density at radius 1 is 1.14 bits per heavy atom. The average molecular weight is 405 g/mol. The summed E-state index contributed by atoms with van der Waals surface area (Å²) < 4.78 is 6.01. The van der Waals surface area contributed by atoms with E-state index in [-0.39, 0.29) is 5.91 Å². The van der Waals surface area contributed by atoms with Gasteiger partial charge >= 0.3 is 5.63 Å². The fourth-order valence-electron chi connectivity index (χ4n) is 2.17. The van der Waals surface area contributed by atoms with E-state index in [1.54, 1.807) is 30.3 Å². The van der Waals surface area contributed by atoms with Crippen LogP contribution in [0.15, 0.2) is 57.7 Å².